The maximum Gasteiger partial charge on any atom is 0.328 e. The molecular formula is C25H42N2O6. The Morgan fingerprint density at radius 1 is 0.818 bits per heavy atom. The van der Waals surface area contributed by atoms with Crippen molar-refractivity contribution in [3.63, 3.8) is 0 Å². The lowest BCUT2D eigenvalue weighted by atomic mass is 9.81. The van der Waals surface area contributed by atoms with Crippen molar-refractivity contribution in [3.05, 3.63) is 0 Å². The number of carboxylic acid groups (broad SMARTS) is 1. The van der Waals surface area contributed by atoms with Gasteiger partial charge in [0.25, 0.3) is 0 Å². The van der Waals surface area contributed by atoms with Crippen molar-refractivity contribution in [3.8, 4) is 0 Å². The second kappa shape index (κ2) is 14.9. The Hall–Kier alpha value is -2.12. The Morgan fingerprint density at radius 3 is 1.97 bits per heavy atom. The van der Waals surface area contributed by atoms with Crippen molar-refractivity contribution in [2.24, 2.45) is 11.8 Å². The van der Waals surface area contributed by atoms with Crippen molar-refractivity contribution in [2.45, 2.75) is 115 Å². The van der Waals surface area contributed by atoms with Gasteiger partial charge in [-0.1, -0.05) is 77.0 Å². The first-order valence-corrected chi connectivity index (χ1v) is 12.8. The third kappa shape index (κ3) is 10.1. The molecule has 0 aromatic heterocycles. The smallest absolute Gasteiger partial charge is 0.328 e. The quantitative estimate of drug-likeness (QED) is 0.531. The van der Waals surface area contributed by atoms with E-state index in [1.165, 1.54) is 26.4 Å². The summed E-state index contributed by atoms with van der Waals surface area (Å²) >= 11 is 0. The fourth-order valence-corrected chi connectivity index (χ4v) is 5.14. The highest BCUT2D eigenvalue weighted by atomic mass is 16.5. The number of nitrogens with one attached hydrogen (secondary N) is 2. The van der Waals surface area contributed by atoms with Crippen molar-refractivity contribution >= 4 is 23.8 Å². The number of amides is 2. The molecule has 3 atom stereocenters. The van der Waals surface area contributed by atoms with Gasteiger partial charge in [-0.2, -0.15) is 0 Å². The molecule has 1 aliphatic carbocycles. The van der Waals surface area contributed by atoms with Crippen LogP contribution < -0.4 is 10.6 Å². The average Bonchev–Trinajstić information content (AvgIpc) is 2.80. The molecule has 0 aromatic rings. The number of carbonyl (C=O) groups is 4. The summed E-state index contributed by atoms with van der Waals surface area (Å²) in [5.74, 6) is -2.34. The number of rotatable bonds is 5. The Morgan fingerprint density at radius 2 is 1.36 bits per heavy atom. The molecule has 8 nitrogen and oxygen atoms in total. The second-order valence-corrected chi connectivity index (χ2v) is 9.73. The molecular weight excluding hydrogens is 424 g/mol. The van der Waals surface area contributed by atoms with E-state index >= 15 is 0 Å². The maximum absolute atomic E-state index is 13.2. The zero-order valence-electron chi connectivity index (χ0n) is 20.1. The summed E-state index contributed by atoms with van der Waals surface area (Å²) in [6.45, 7) is 0. The van der Waals surface area contributed by atoms with Crippen LogP contribution in [0.25, 0.3) is 0 Å². The van der Waals surface area contributed by atoms with Gasteiger partial charge in [-0.05, 0) is 25.2 Å². The Kier molecular flexibility index (Phi) is 12.3. The predicted molar refractivity (Wildman–Crippen MR) is 124 cm³/mol. The molecule has 188 valence electrons. The summed E-state index contributed by atoms with van der Waals surface area (Å²) < 4.78 is 4.83. The van der Waals surface area contributed by atoms with Crippen LogP contribution in [0, 0.1) is 11.8 Å². The number of hydrogen-bond donors (Lipinski definition) is 3. The lowest BCUT2D eigenvalue weighted by Gasteiger charge is -2.28. The molecule has 1 aliphatic heterocycles. The summed E-state index contributed by atoms with van der Waals surface area (Å²) in [5.41, 5.74) is 0. The predicted octanol–water partition coefficient (Wildman–Crippen LogP) is 3.71. The zero-order chi connectivity index (χ0) is 24.1. The van der Waals surface area contributed by atoms with Crippen molar-refractivity contribution in [2.75, 3.05) is 7.11 Å². The highest BCUT2D eigenvalue weighted by Gasteiger charge is 2.31. The molecule has 0 unspecified atom stereocenters. The second-order valence-electron chi connectivity index (χ2n) is 9.73. The average molecular weight is 467 g/mol. The normalized spacial score (nSPS) is 27.2. The number of esters is 1. The zero-order valence-corrected chi connectivity index (χ0v) is 20.1. The highest BCUT2D eigenvalue weighted by Crippen LogP contribution is 2.31. The van der Waals surface area contributed by atoms with Gasteiger partial charge in [0.05, 0.1) is 13.5 Å². The minimum atomic E-state index is -1.22. The first-order chi connectivity index (χ1) is 15.9. The van der Waals surface area contributed by atoms with E-state index in [4.69, 9.17) is 4.74 Å². The van der Waals surface area contributed by atoms with Gasteiger partial charge >= 0.3 is 11.9 Å². The summed E-state index contributed by atoms with van der Waals surface area (Å²) in [5, 5.41) is 14.7. The van der Waals surface area contributed by atoms with Crippen LogP contribution in [0.4, 0.5) is 0 Å². The van der Waals surface area contributed by atoms with E-state index in [1.54, 1.807) is 0 Å². The third-order valence-electron chi connectivity index (χ3n) is 7.07. The number of carbonyl (C=O) groups excluding carboxylic acids is 3. The van der Waals surface area contributed by atoms with Gasteiger partial charge in [0.15, 0.2) is 0 Å². The summed E-state index contributed by atoms with van der Waals surface area (Å²) in [6.07, 6.45) is 14.4. The van der Waals surface area contributed by atoms with E-state index < -0.39 is 36.4 Å². The topological polar surface area (TPSA) is 122 Å². The molecule has 0 aromatic carbocycles. The monoisotopic (exact) mass is 466 g/mol. The van der Waals surface area contributed by atoms with Gasteiger partial charge in [0, 0.05) is 5.92 Å². The van der Waals surface area contributed by atoms with Crippen LogP contribution in [-0.2, 0) is 23.9 Å². The Bertz CT molecular complexity index is 647. The third-order valence-corrected chi connectivity index (χ3v) is 7.07. The van der Waals surface area contributed by atoms with Crippen LogP contribution in [0.1, 0.15) is 103 Å². The molecule has 2 fully saturated rings. The molecule has 0 radical (unpaired) electrons. The molecule has 0 spiro atoms. The van der Waals surface area contributed by atoms with E-state index in [2.05, 4.69) is 10.6 Å². The molecule has 8 heteroatoms. The van der Waals surface area contributed by atoms with Gasteiger partial charge < -0.3 is 20.5 Å². The summed E-state index contributed by atoms with van der Waals surface area (Å²) in [7, 11) is 1.26. The molecule has 2 rings (SSSR count). The van der Waals surface area contributed by atoms with Crippen LogP contribution in [0.2, 0.25) is 0 Å². The van der Waals surface area contributed by atoms with Gasteiger partial charge in [0.1, 0.15) is 12.1 Å². The first kappa shape index (κ1) is 27.1. The number of aliphatic carboxylic acids is 1. The van der Waals surface area contributed by atoms with Crippen molar-refractivity contribution in [1.29, 1.82) is 0 Å². The largest absolute Gasteiger partial charge is 0.481 e. The minimum absolute atomic E-state index is 0.221. The molecule has 0 bridgehead atoms. The fourth-order valence-electron chi connectivity index (χ4n) is 5.14. The number of carboxylic acids is 1. The van der Waals surface area contributed by atoms with Crippen LogP contribution in [0.5, 0.6) is 0 Å². The van der Waals surface area contributed by atoms with E-state index in [0.29, 0.717) is 12.3 Å². The lowest BCUT2D eigenvalue weighted by molar-refractivity contribution is -0.146. The van der Waals surface area contributed by atoms with Crippen LogP contribution in [-0.4, -0.2) is 48.1 Å². The van der Waals surface area contributed by atoms with Crippen LogP contribution in [0.3, 0.4) is 0 Å². The highest BCUT2D eigenvalue weighted by molar-refractivity contribution is 5.93. The fraction of sp³-hybridized carbons (Fsp3) is 0.840. The van der Waals surface area contributed by atoms with Crippen molar-refractivity contribution < 1.29 is 29.0 Å². The minimum Gasteiger partial charge on any atom is -0.481 e. The molecule has 2 amide bonds. The summed E-state index contributed by atoms with van der Waals surface area (Å²) in [6, 6.07) is -2.06. The molecule has 1 saturated carbocycles. The van der Waals surface area contributed by atoms with E-state index in [-0.39, 0.29) is 11.8 Å². The first-order valence-electron chi connectivity index (χ1n) is 12.8. The molecule has 33 heavy (non-hydrogen) atoms. The van der Waals surface area contributed by atoms with Gasteiger partial charge in [0.2, 0.25) is 11.8 Å². The van der Waals surface area contributed by atoms with Gasteiger partial charge in [-0.15, -0.1) is 0 Å². The van der Waals surface area contributed by atoms with Gasteiger partial charge in [-0.25, -0.2) is 4.79 Å². The number of hydrogen-bond acceptors (Lipinski definition) is 5. The maximum atomic E-state index is 13.2. The standard InChI is InChI=1S/C25H42N2O6/c1-33-25(32)20-15-11-6-4-2-3-5-10-14-19(16-18-12-8-7-9-13-18)23(30)27-21(17-22(28)29)24(31)26-20/h18-21H,2-17H2,1H3,(H,26,31)(H,27,30)(H,28,29)/t19-,20-,21-/m0/s1. The van der Waals surface area contributed by atoms with Crippen molar-refractivity contribution in [1.82, 2.24) is 10.6 Å². The molecule has 1 saturated heterocycles. The SMILES string of the molecule is COC(=O)[C@@H]1CCCCCCCCC[C@@H](CC2CCCCC2)C(=O)N[C@@H](CC(=O)O)C(=O)N1. The van der Waals surface area contributed by atoms with Crippen LogP contribution >= 0.6 is 0 Å². The molecule has 2 aliphatic rings. The van der Waals surface area contributed by atoms with Gasteiger partial charge in [-0.3, -0.25) is 14.4 Å². The Labute approximate surface area is 197 Å². The lowest BCUT2D eigenvalue weighted by Crippen LogP contribution is -2.53. The number of ether oxygens (including phenoxy) is 1. The van der Waals surface area contributed by atoms with E-state index in [1.807, 2.05) is 0 Å². The number of methoxy groups -OCH3 is 1. The molecule has 3 N–H and O–H groups in total. The van der Waals surface area contributed by atoms with E-state index in [9.17, 15) is 24.3 Å². The van der Waals surface area contributed by atoms with E-state index in [0.717, 1.165) is 70.6 Å². The summed E-state index contributed by atoms with van der Waals surface area (Å²) in [4.78, 5) is 49.7. The molecule has 1 heterocycles. The van der Waals surface area contributed by atoms with Crippen LogP contribution in [0.15, 0.2) is 0 Å². The Balaban J connectivity index is 2.16.